The zero-order valence-corrected chi connectivity index (χ0v) is 11.4. The second kappa shape index (κ2) is 5.82. The predicted molar refractivity (Wildman–Crippen MR) is 75.1 cm³/mol. The molecule has 0 aliphatic heterocycles. The van der Waals surface area contributed by atoms with Crippen LogP contribution in [0.4, 0.5) is 5.82 Å². The number of hydrogen-bond donors (Lipinski definition) is 1. The molecule has 1 N–H and O–H groups in total. The summed E-state index contributed by atoms with van der Waals surface area (Å²) in [6.45, 7) is 4.70. The molecule has 0 aromatic carbocycles. The van der Waals surface area contributed by atoms with Crippen LogP contribution in [0.2, 0.25) is 0 Å². The van der Waals surface area contributed by atoms with Gasteiger partial charge in [-0.15, -0.1) is 11.3 Å². The Hall–Kier alpha value is -1.62. The Kier molecular flexibility index (Phi) is 4.15. The summed E-state index contributed by atoms with van der Waals surface area (Å²) in [6.07, 6.45) is 4.29. The van der Waals surface area contributed by atoms with E-state index in [0.29, 0.717) is 12.4 Å². The molecule has 5 heteroatoms. The maximum atomic E-state index is 12.1. The van der Waals surface area contributed by atoms with Gasteiger partial charge in [0.05, 0.1) is 6.04 Å². The summed E-state index contributed by atoms with van der Waals surface area (Å²) in [5.41, 5.74) is -0.0602. The summed E-state index contributed by atoms with van der Waals surface area (Å²) in [6, 6.07) is 4.25. The topological polar surface area (TPSA) is 46.9 Å². The molecule has 2 aromatic heterocycles. The zero-order valence-electron chi connectivity index (χ0n) is 10.6. The predicted octanol–water partition coefficient (Wildman–Crippen LogP) is 2.89. The lowest BCUT2D eigenvalue weighted by Gasteiger charge is -2.16. The SMILES string of the molecule is CCC(Nc1nccn(CC)c1=O)c1cccs1. The number of rotatable bonds is 5. The minimum Gasteiger partial charge on any atom is -0.358 e. The molecule has 2 rings (SSSR count). The van der Waals surface area contributed by atoms with Crippen molar-refractivity contribution in [3.8, 4) is 0 Å². The lowest BCUT2D eigenvalue weighted by atomic mass is 10.2. The number of aromatic nitrogens is 2. The number of anilines is 1. The average molecular weight is 263 g/mol. The minimum atomic E-state index is -0.0602. The summed E-state index contributed by atoms with van der Waals surface area (Å²) >= 11 is 1.69. The molecule has 1 atom stereocenters. The van der Waals surface area contributed by atoms with Gasteiger partial charge in [-0.25, -0.2) is 4.98 Å². The fraction of sp³-hybridized carbons (Fsp3) is 0.385. The highest BCUT2D eigenvalue weighted by Gasteiger charge is 2.13. The van der Waals surface area contributed by atoms with Crippen LogP contribution in [0.5, 0.6) is 0 Å². The van der Waals surface area contributed by atoms with Gasteiger partial charge in [0.1, 0.15) is 0 Å². The second-order valence-electron chi connectivity index (χ2n) is 3.99. The Morgan fingerprint density at radius 3 is 2.94 bits per heavy atom. The number of aryl methyl sites for hydroxylation is 1. The van der Waals surface area contributed by atoms with Gasteiger partial charge in [0.15, 0.2) is 5.82 Å². The van der Waals surface area contributed by atoms with Crippen LogP contribution in [0.25, 0.3) is 0 Å². The molecule has 1 unspecified atom stereocenters. The third-order valence-electron chi connectivity index (χ3n) is 2.86. The van der Waals surface area contributed by atoms with Crippen LogP contribution in [0.15, 0.2) is 34.7 Å². The first kappa shape index (κ1) is 12.8. The van der Waals surface area contributed by atoms with Crippen LogP contribution < -0.4 is 10.9 Å². The van der Waals surface area contributed by atoms with E-state index in [1.807, 2.05) is 18.4 Å². The molecule has 0 aliphatic rings. The van der Waals surface area contributed by atoms with E-state index >= 15 is 0 Å². The largest absolute Gasteiger partial charge is 0.358 e. The molecule has 96 valence electrons. The van der Waals surface area contributed by atoms with Gasteiger partial charge < -0.3 is 9.88 Å². The van der Waals surface area contributed by atoms with Crippen LogP contribution in [0.3, 0.4) is 0 Å². The monoisotopic (exact) mass is 263 g/mol. The van der Waals surface area contributed by atoms with Crippen molar-refractivity contribution in [1.82, 2.24) is 9.55 Å². The van der Waals surface area contributed by atoms with Crippen LogP contribution in [-0.4, -0.2) is 9.55 Å². The molecule has 0 bridgehead atoms. The van der Waals surface area contributed by atoms with E-state index in [9.17, 15) is 4.79 Å². The standard InChI is InChI=1S/C13H17N3OS/c1-3-10(11-6-5-9-18-11)15-12-13(17)16(4-2)8-7-14-12/h5-10H,3-4H2,1-2H3,(H,14,15). The Morgan fingerprint density at radius 1 is 1.50 bits per heavy atom. The smallest absolute Gasteiger partial charge is 0.293 e. The first-order valence-electron chi connectivity index (χ1n) is 6.11. The van der Waals surface area contributed by atoms with Crippen LogP contribution in [-0.2, 0) is 6.54 Å². The number of nitrogens with zero attached hydrogens (tertiary/aromatic N) is 2. The summed E-state index contributed by atoms with van der Waals surface area (Å²) in [5, 5.41) is 5.28. The maximum absolute atomic E-state index is 12.1. The molecule has 0 saturated heterocycles. The van der Waals surface area contributed by atoms with E-state index in [0.717, 1.165) is 6.42 Å². The molecular weight excluding hydrogens is 246 g/mol. The molecule has 0 amide bonds. The average Bonchev–Trinajstić information content (AvgIpc) is 2.91. The number of nitrogens with one attached hydrogen (secondary N) is 1. The minimum absolute atomic E-state index is 0.0602. The Labute approximate surface area is 110 Å². The highest BCUT2D eigenvalue weighted by Crippen LogP contribution is 2.24. The first-order valence-corrected chi connectivity index (χ1v) is 6.99. The van der Waals surface area contributed by atoms with E-state index in [1.54, 1.807) is 28.3 Å². The van der Waals surface area contributed by atoms with Gasteiger partial charge in [-0.1, -0.05) is 13.0 Å². The zero-order chi connectivity index (χ0) is 13.0. The van der Waals surface area contributed by atoms with Gasteiger partial charge in [-0.3, -0.25) is 4.79 Å². The van der Waals surface area contributed by atoms with Crippen molar-refractivity contribution in [2.75, 3.05) is 5.32 Å². The van der Waals surface area contributed by atoms with E-state index < -0.39 is 0 Å². The molecule has 0 saturated carbocycles. The van der Waals surface area contributed by atoms with E-state index in [4.69, 9.17) is 0 Å². The van der Waals surface area contributed by atoms with E-state index in [1.165, 1.54) is 4.88 Å². The van der Waals surface area contributed by atoms with Crippen LogP contribution in [0, 0.1) is 0 Å². The van der Waals surface area contributed by atoms with E-state index in [-0.39, 0.29) is 11.6 Å². The molecule has 0 aliphatic carbocycles. The van der Waals surface area contributed by atoms with Gasteiger partial charge in [0, 0.05) is 23.8 Å². The fourth-order valence-electron chi connectivity index (χ4n) is 1.82. The molecule has 18 heavy (non-hydrogen) atoms. The molecule has 0 fully saturated rings. The molecule has 0 radical (unpaired) electrons. The van der Waals surface area contributed by atoms with Crippen molar-refractivity contribution in [2.24, 2.45) is 0 Å². The van der Waals surface area contributed by atoms with Crippen molar-refractivity contribution >= 4 is 17.2 Å². The fourth-order valence-corrected chi connectivity index (χ4v) is 2.69. The summed E-state index contributed by atoms with van der Waals surface area (Å²) < 4.78 is 1.65. The molecule has 0 spiro atoms. The summed E-state index contributed by atoms with van der Waals surface area (Å²) in [4.78, 5) is 17.4. The number of hydrogen-bond acceptors (Lipinski definition) is 4. The third kappa shape index (κ3) is 2.61. The lowest BCUT2D eigenvalue weighted by molar-refractivity contribution is 0.704. The lowest BCUT2D eigenvalue weighted by Crippen LogP contribution is -2.25. The van der Waals surface area contributed by atoms with Crippen molar-refractivity contribution < 1.29 is 0 Å². The Morgan fingerprint density at radius 2 is 2.33 bits per heavy atom. The molecule has 2 aromatic rings. The highest BCUT2D eigenvalue weighted by atomic mass is 32.1. The van der Waals surface area contributed by atoms with Crippen molar-refractivity contribution in [1.29, 1.82) is 0 Å². The molecular formula is C13H17N3OS. The van der Waals surface area contributed by atoms with Crippen LogP contribution >= 0.6 is 11.3 Å². The maximum Gasteiger partial charge on any atom is 0.293 e. The first-order chi connectivity index (χ1) is 8.76. The third-order valence-corrected chi connectivity index (χ3v) is 3.85. The van der Waals surface area contributed by atoms with Crippen LogP contribution in [0.1, 0.15) is 31.2 Å². The van der Waals surface area contributed by atoms with Crippen molar-refractivity contribution in [2.45, 2.75) is 32.9 Å². The van der Waals surface area contributed by atoms with Crippen molar-refractivity contribution in [3.63, 3.8) is 0 Å². The summed E-state index contributed by atoms with van der Waals surface area (Å²) in [7, 11) is 0. The van der Waals surface area contributed by atoms with Gasteiger partial charge in [-0.05, 0) is 24.8 Å². The van der Waals surface area contributed by atoms with Gasteiger partial charge in [-0.2, -0.15) is 0 Å². The summed E-state index contributed by atoms with van der Waals surface area (Å²) in [5.74, 6) is 0.430. The van der Waals surface area contributed by atoms with Crippen molar-refractivity contribution in [3.05, 3.63) is 45.1 Å². The van der Waals surface area contributed by atoms with Gasteiger partial charge in [0.2, 0.25) is 0 Å². The highest BCUT2D eigenvalue weighted by molar-refractivity contribution is 7.10. The Bertz CT molecular complexity index is 548. The quantitative estimate of drug-likeness (QED) is 0.902. The number of thiophene rings is 1. The molecule has 4 nitrogen and oxygen atoms in total. The van der Waals surface area contributed by atoms with Gasteiger partial charge >= 0.3 is 0 Å². The van der Waals surface area contributed by atoms with E-state index in [2.05, 4.69) is 23.3 Å². The normalized spacial score (nSPS) is 12.3. The molecule has 2 heterocycles. The van der Waals surface area contributed by atoms with Gasteiger partial charge in [0.25, 0.3) is 5.56 Å². The second-order valence-corrected chi connectivity index (χ2v) is 4.97. The Balaban J connectivity index is 2.25.